The number of aliphatic carboxylic acids is 1. The predicted molar refractivity (Wildman–Crippen MR) is 126 cm³/mol. The summed E-state index contributed by atoms with van der Waals surface area (Å²) in [5, 5.41) is 13.3. The van der Waals surface area contributed by atoms with E-state index in [-0.39, 0.29) is 12.4 Å². The number of benzene rings is 2. The highest BCUT2D eigenvalue weighted by Gasteiger charge is 2.25. The number of nitrogens with zero attached hydrogens (tertiary/aromatic N) is 2. The van der Waals surface area contributed by atoms with Crippen molar-refractivity contribution in [2.75, 3.05) is 23.0 Å². The third kappa shape index (κ3) is 5.41. The molecule has 0 bridgehead atoms. The van der Waals surface area contributed by atoms with Gasteiger partial charge in [0.15, 0.2) is 6.20 Å². The second-order valence-electron chi connectivity index (χ2n) is 7.55. The number of aryl methyl sites for hydroxylation is 1. The number of hydrogen-bond donors (Lipinski definition) is 1. The fourth-order valence-corrected chi connectivity index (χ4v) is 5.72. The van der Waals surface area contributed by atoms with E-state index in [0.717, 1.165) is 18.7 Å². The minimum absolute atomic E-state index is 0. The van der Waals surface area contributed by atoms with E-state index >= 15 is 0 Å². The molecule has 3 N–H and O–H groups in total. The number of pyridine rings is 1. The smallest absolute Gasteiger partial charge is 0.212 e. The second kappa shape index (κ2) is 11.1. The van der Waals surface area contributed by atoms with Crippen molar-refractivity contribution in [2.24, 2.45) is 7.05 Å². The molecule has 0 fully saturated rings. The topological polar surface area (TPSA) is 74.9 Å². The summed E-state index contributed by atoms with van der Waals surface area (Å²) < 4.78 is 2.14. The zero-order valence-electron chi connectivity index (χ0n) is 17.9. The number of carboxylic acid groups (broad SMARTS) is 1. The van der Waals surface area contributed by atoms with Gasteiger partial charge in [0.1, 0.15) is 13.1 Å². The quantitative estimate of drug-likeness (QED) is 0.328. The Morgan fingerprint density at radius 2 is 1.97 bits per heavy atom. The molecule has 32 heavy (non-hydrogen) atoms. The minimum Gasteiger partial charge on any atom is -1.00 e. The van der Waals surface area contributed by atoms with Gasteiger partial charge in [0.2, 0.25) is 5.52 Å². The monoisotopic (exact) mass is 487 g/mol. The summed E-state index contributed by atoms with van der Waals surface area (Å²) in [6, 6.07) is 18.5. The predicted octanol–water partition coefficient (Wildman–Crippen LogP) is -0.937. The van der Waals surface area contributed by atoms with Gasteiger partial charge in [-0.05, 0) is 42.0 Å². The van der Waals surface area contributed by atoms with Crippen LogP contribution in [-0.4, -0.2) is 30.1 Å². The van der Waals surface area contributed by atoms with E-state index in [0.29, 0.717) is 5.75 Å². The lowest BCUT2D eigenvalue weighted by molar-refractivity contribution is -0.644. The Morgan fingerprint density at radius 3 is 2.78 bits per heavy atom. The van der Waals surface area contributed by atoms with Crippen LogP contribution in [0.1, 0.15) is 12.0 Å². The average molecular weight is 488 g/mol. The Labute approximate surface area is 203 Å². The van der Waals surface area contributed by atoms with Gasteiger partial charge in [-0.1, -0.05) is 36.0 Å². The average Bonchev–Trinajstić information content (AvgIpc) is 3.12. The summed E-state index contributed by atoms with van der Waals surface area (Å²) in [6.07, 6.45) is 5.35. The van der Waals surface area contributed by atoms with Crippen molar-refractivity contribution in [1.29, 1.82) is 0 Å². The maximum atomic E-state index is 10.8. The van der Waals surface area contributed by atoms with E-state index in [1.165, 1.54) is 32.1 Å². The molecule has 1 aliphatic rings. The van der Waals surface area contributed by atoms with Crippen LogP contribution >= 0.6 is 23.5 Å². The molecule has 2 heterocycles. The summed E-state index contributed by atoms with van der Waals surface area (Å²) in [4.78, 5) is 14.5. The highest BCUT2D eigenvalue weighted by Crippen LogP contribution is 2.46. The molecule has 0 saturated heterocycles. The van der Waals surface area contributed by atoms with Crippen molar-refractivity contribution in [3.63, 3.8) is 0 Å². The van der Waals surface area contributed by atoms with E-state index in [1.807, 2.05) is 0 Å². The third-order valence-electron chi connectivity index (χ3n) is 5.31. The molecule has 1 aromatic heterocycles. The normalized spacial score (nSPS) is 14.9. The Morgan fingerprint density at radius 1 is 1.22 bits per heavy atom. The summed E-state index contributed by atoms with van der Waals surface area (Å²) in [7, 11) is 2.07. The van der Waals surface area contributed by atoms with E-state index in [4.69, 9.17) is 0 Å². The maximum absolute atomic E-state index is 10.8. The number of anilines is 1. The molecule has 1 unspecified atom stereocenters. The van der Waals surface area contributed by atoms with Gasteiger partial charge in [-0.25, -0.2) is 4.57 Å². The van der Waals surface area contributed by atoms with E-state index in [1.54, 1.807) is 23.5 Å². The van der Waals surface area contributed by atoms with E-state index < -0.39 is 12.0 Å². The Balaban J connectivity index is 0.00000289. The van der Waals surface area contributed by atoms with Crippen LogP contribution in [0.15, 0.2) is 70.7 Å². The molecule has 0 amide bonds. The molecule has 8 heteroatoms. The number of rotatable bonds is 8. The number of carbonyl (C=O) groups is 1. The molecule has 1 atom stereocenters. The molecule has 1 aliphatic heterocycles. The number of para-hydroxylation sites is 2. The molecule has 0 radical (unpaired) electrons. The number of quaternary nitrogens is 1. The van der Waals surface area contributed by atoms with E-state index in [2.05, 4.69) is 89.1 Å². The molecule has 168 valence electrons. The third-order valence-corrected chi connectivity index (χ3v) is 7.64. The van der Waals surface area contributed by atoms with Crippen molar-refractivity contribution in [1.82, 2.24) is 0 Å². The van der Waals surface area contributed by atoms with Gasteiger partial charge in [-0.15, -0.1) is 0 Å². The van der Waals surface area contributed by atoms with Crippen molar-refractivity contribution in [2.45, 2.75) is 17.4 Å². The number of carboxylic acids is 1. The Bertz CT molecular complexity index is 1140. The van der Waals surface area contributed by atoms with Crippen molar-refractivity contribution >= 4 is 52.2 Å². The molecule has 3 aromatic rings. The Kier molecular flexibility index (Phi) is 8.48. The highest BCUT2D eigenvalue weighted by molar-refractivity contribution is 8.03. The van der Waals surface area contributed by atoms with Crippen LogP contribution < -0.4 is 32.7 Å². The van der Waals surface area contributed by atoms with Crippen LogP contribution in [0, 0.1) is 0 Å². The summed E-state index contributed by atoms with van der Waals surface area (Å²) >= 11 is 3.43. The van der Waals surface area contributed by atoms with Crippen LogP contribution in [-0.2, 0) is 11.8 Å². The minimum atomic E-state index is -1.08. The van der Waals surface area contributed by atoms with Crippen LogP contribution in [0.5, 0.6) is 0 Å². The van der Waals surface area contributed by atoms with Crippen molar-refractivity contribution in [3.8, 4) is 0 Å². The zero-order valence-corrected chi connectivity index (χ0v) is 20.3. The van der Waals surface area contributed by atoms with Gasteiger partial charge in [0.05, 0.1) is 27.8 Å². The van der Waals surface area contributed by atoms with Gasteiger partial charge in [-0.2, -0.15) is 11.8 Å². The molecule has 2 aromatic carbocycles. The first-order chi connectivity index (χ1) is 15.0. The van der Waals surface area contributed by atoms with Gasteiger partial charge in [-0.3, -0.25) is 0 Å². The summed E-state index contributed by atoms with van der Waals surface area (Å²) in [5.41, 5.74) is 7.27. The number of fused-ring (bicyclic) bond motifs is 2. The number of carbonyl (C=O) groups excluding carboxylic acids is 1. The van der Waals surface area contributed by atoms with Gasteiger partial charge < -0.3 is 32.9 Å². The first-order valence-electron chi connectivity index (χ1n) is 10.3. The highest BCUT2D eigenvalue weighted by atomic mass is 35.5. The molecular weight excluding hydrogens is 462 g/mol. The van der Waals surface area contributed by atoms with E-state index in [9.17, 15) is 9.90 Å². The van der Waals surface area contributed by atoms with Crippen LogP contribution in [0.4, 0.5) is 5.69 Å². The summed E-state index contributed by atoms with van der Waals surface area (Å²) in [6.45, 7) is 0.883. The standard InChI is InChI=1S/C24H25N3O2S2.ClH/c1-26-13-11-17(18-7-2-3-8-20(18)26)15-23-27(21-9-4-5-10-22(21)31-23)12-6-14-30-16-19(25)24(28)29;/h2-5,7-11,13,15,19H,6,12,14,16,25H2,1H3;1H. The molecule has 0 spiro atoms. The lowest BCUT2D eigenvalue weighted by Gasteiger charge is -2.20. The molecule has 0 aliphatic carbocycles. The molecule has 4 rings (SSSR count). The largest absolute Gasteiger partial charge is 1.00 e. The second-order valence-corrected chi connectivity index (χ2v) is 9.76. The van der Waals surface area contributed by atoms with Gasteiger partial charge in [0, 0.05) is 23.6 Å². The van der Waals surface area contributed by atoms with Crippen LogP contribution in [0.3, 0.4) is 0 Å². The first-order valence-corrected chi connectivity index (χ1v) is 12.3. The molecular formula is C24H26ClN3O2S2. The fraction of sp³-hybridized carbons (Fsp3) is 0.250. The van der Waals surface area contributed by atoms with Crippen LogP contribution in [0.25, 0.3) is 17.0 Å². The van der Waals surface area contributed by atoms with Gasteiger partial charge in [0.25, 0.3) is 0 Å². The first kappa shape index (κ1) is 24.5. The van der Waals surface area contributed by atoms with Crippen molar-refractivity contribution < 1.29 is 32.6 Å². The van der Waals surface area contributed by atoms with Crippen LogP contribution in [0.2, 0.25) is 0 Å². The maximum Gasteiger partial charge on any atom is 0.212 e. The number of thioether (sulfide) groups is 2. The molecule has 0 saturated carbocycles. The molecule has 5 nitrogen and oxygen atoms in total. The SMILES string of the molecule is C[n+]1ccc(C=C2Sc3ccccc3N2CCCSCC([NH3+])C(=O)[O-])c2ccccc21.[Cl-]. The number of hydrogen-bond acceptors (Lipinski definition) is 5. The number of halogens is 1. The van der Waals surface area contributed by atoms with Gasteiger partial charge >= 0.3 is 0 Å². The fourth-order valence-electron chi connectivity index (χ4n) is 3.66. The summed E-state index contributed by atoms with van der Waals surface area (Å²) in [5.74, 6) is 0.301. The number of aromatic nitrogens is 1. The Hall–Kier alpha value is -2.19. The van der Waals surface area contributed by atoms with Crippen molar-refractivity contribution in [3.05, 3.63) is 71.4 Å². The lowest BCUT2D eigenvalue weighted by Crippen LogP contribution is -3.00. The zero-order chi connectivity index (χ0) is 21.8. The lowest BCUT2D eigenvalue weighted by atomic mass is 10.1.